The molecule has 7 nitrogen and oxygen atoms in total. The van der Waals surface area contributed by atoms with Crippen LogP contribution in [-0.2, 0) is 4.79 Å². The molecule has 2 aliphatic heterocycles. The summed E-state index contributed by atoms with van der Waals surface area (Å²) in [6.45, 7) is 2.27. The van der Waals surface area contributed by atoms with Crippen molar-refractivity contribution in [3.63, 3.8) is 0 Å². The summed E-state index contributed by atoms with van der Waals surface area (Å²) in [5, 5.41) is 19.5. The minimum Gasteiger partial charge on any atom is -0.465 e. The Kier molecular flexibility index (Phi) is 5.86. The molecular formula is C22H30ClN3O4. The highest BCUT2D eigenvalue weighted by molar-refractivity contribution is 6.33. The zero-order chi connectivity index (χ0) is 21.5. The topological polar surface area (TPSA) is 84.3 Å². The molecule has 1 unspecified atom stereocenters. The molecule has 2 heterocycles. The van der Waals surface area contributed by atoms with E-state index in [9.17, 15) is 19.8 Å². The molecule has 164 valence electrons. The predicted molar refractivity (Wildman–Crippen MR) is 116 cm³/mol. The number of piperidine rings is 1. The molecule has 0 radical (unpaired) electrons. The second kappa shape index (κ2) is 8.27. The van der Waals surface area contributed by atoms with Crippen molar-refractivity contribution < 1.29 is 19.8 Å². The monoisotopic (exact) mass is 435 g/mol. The average molecular weight is 436 g/mol. The van der Waals surface area contributed by atoms with Crippen molar-refractivity contribution in [3.8, 4) is 0 Å². The number of aliphatic hydroxyl groups excluding tert-OH is 1. The van der Waals surface area contributed by atoms with Crippen molar-refractivity contribution in [2.45, 2.75) is 57.1 Å². The number of nitrogens with zero attached hydrogens (tertiary/aromatic N) is 3. The number of carboxylic acid groups (broad SMARTS) is 1. The van der Waals surface area contributed by atoms with E-state index in [-0.39, 0.29) is 23.5 Å². The van der Waals surface area contributed by atoms with E-state index in [1.54, 1.807) is 12.1 Å². The Hall–Kier alpha value is -1.99. The van der Waals surface area contributed by atoms with Crippen molar-refractivity contribution in [3.05, 3.63) is 23.2 Å². The molecule has 0 bridgehead atoms. The van der Waals surface area contributed by atoms with Gasteiger partial charge in [0.1, 0.15) is 0 Å². The van der Waals surface area contributed by atoms with Gasteiger partial charge in [-0.2, -0.15) is 0 Å². The van der Waals surface area contributed by atoms with E-state index in [0.29, 0.717) is 17.3 Å². The van der Waals surface area contributed by atoms with E-state index in [2.05, 4.69) is 9.80 Å². The predicted octanol–water partition coefficient (Wildman–Crippen LogP) is 3.58. The molecular weight excluding hydrogens is 406 g/mol. The highest BCUT2D eigenvalue weighted by Gasteiger charge is 2.50. The number of amides is 2. The number of halogens is 1. The lowest BCUT2D eigenvalue weighted by molar-refractivity contribution is -0.139. The molecule has 0 aromatic heterocycles. The standard InChI is InChI=1S/C22H30ClN3O4/c1-24(21(29)30)16-5-8-19(18(23)13-16)25-11-2-9-22(14-25)10-12-26(20(22)28)15-3-6-17(27)7-4-15/h5,8,13,15,17,27H,2-4,6-7,9-12,14H2,1H3,(H,29,30)/t15-,17-,22?. The van der Waals surface area contributed by atoms with Crippen molar-refractivity contribution in [2.75, 3.05) is 36.5 Å². The van der Waals surface area contributed by atoms with E-state index in [0.717, 1.165) is 68.6 Å². The Balaban J connectivity index is 1.49. The lowest BCUT2D eigenvalue weighted by Gasteiger charge is -2.41. The number of carbonyl (C=O) groups is 2. The second-order valence-corrected chi connectivity index (χ2v) is 9.40. The Morgan fingerprint density at radius 1 is 1.20 bits per heavy atom. The second-order valence-electron chi connectivity index (χ2n) is 8.99. The summed E-state index contributed by atoms with van der Waals surface area (Å²) in [5.41, 5.74) is 1.00. The molecule has 3 aliphatic rings. The molecule has 2 N–H and O–H groups in total. The summed E-state index contributed by atoms with van der Waals surface area (Å²) in [4.78, 5) is 30.1. The Morgan fingerprint density at radius 2 is 1.93 bits per heavy atom. The van der Waals surface area contributed by atoms with Gasteiger partial charge >= 0.3 is 6.09 Å². The van der Waals surface area contributed by atoms with E-state index in [4.69, 9.17) is 11.6 Å². The van der Waals surface area contributed by atoms with Gasteiger partial charge in [-0.15, -0.1) is 0 Å². The van der Waals surface area contributed by atoms with Crippen LogP contribution in [0.3, 0.4) is 0 Å². The molecule has 30 heavy (non-hydrogen) atoms. The van der Waals surface area contributed by atoms with E-state index < -0.39 is 6.09 Å². The Labute approximate surface area is 182 Å². The van der Waals surface area contributed by atoms with Gasteiger partial charge in [0.15, 0.2) is 0 Å². The van der Waals surface area contributed by atoms with Gasteiger partial charge in [0, 0.05) is 38.4 Å². The van der Waals surface area contributed by atoms with Crippen LogP contribution >= 0.6 is 11.6 Å². The first-order chi connectivity index (χ1) is 14.3. The molecule has 1 aromatic rings. The SMILES string of the molecule is CN(C(=O)O)c1ccc(N2CCCC3(CCN([C@H]4CC[C@H](O)CC4)C3=O)C2)c(Cl)c1. The molecule has 2 amide bonds. The first-order valence-corrected chi connectivity index (χ1v) is 11.2. The number of benzene rings is 1. The average Bonchev–Trinajstić information content (AvgIpc) is 3.03. The van der Waals surface area contributed by atoms with Gasteiger partial charge in [-0.1, -0.05) is 11.6 Å². The third-order valence-corrected chi connectivity index (χ3v) is 7.48. The third-order valence-electron chi connectivity index (χ3n) is 7.18. The minimum atomic E-state index is -1.04. The highest BCUT2D eigenvalue weighted by atomic mass is 35.5. The summed E-state index contributed by atoms with van der Waals surface area (Å²) >= 11 is 6.53. The van der Waals surface area contributed by atoms with Crippen LogP contribution in [0.25, 0.3) is 0 Å². The van der Waals surface area contributed by atoms with Crippen LogP contribution in [-0.4, -0.2) is 65.9 Å². The number of aliphatic hydroxyl groups is 1. The zero-order valence-corrected chi connectivity index (χ0v) is 18.1. The summed E-state index contributed by atoms with van der Waals surface area (Å²) in [6, 6.07) is 5.54. The van der Waals surface area contributed by atoms with Gasteiger partial charge < -0.3 is 20.0 Å². The van der Waals surface area contributed by atoms with Gasteiger partial charge in [-0.25, -0.2) is 4.79 Å². The number of likely N-dealkylation sites (tertiary alicyclic amines) is 1. The van der Waals surface area contributed by atoms with Crippen LogP contribution in [0.1, 0.15) is 44.9 Å². The molecule has 3 fully saturated rings. The van der Waals surface area contributed by atoms with Crippen LogP contribution in [0.4, 0.5) is 16.2 Å². The van der Waals surface area contributed by atoms with E-state index in [1.807, 2.05) is 6.07 Å². The lowest BCUT2D eigenvalue weighted by atomic mass is 9.78. The molecule has 1 spiro atoms. The van der Waals surface area contributed by atoms with Crippen LogP contribution < -0.4 is 9.80 Å². The maximum atomic E-state index is 13.5. The summed E-state index contributed by atoms with van der Waals surface area (Å²) in [7, 11) is 1.49. The van der Waals surface area contributed by atoms with Crippen LogP contribution in [0.5, 0.6) is 0 Å². The van der Waals surface area contributed by atoms with Gasteiger partial charge in [0.25, 0.3) is 0 Å². The van der Waals surface area contributed by atoms with Gasteiger partial charge in [-0.05, 0) is 63.1 Å². The van der Waals surface area contributed by atoms with Gasteiger partial charge in [-0.3, -0.25) is 9.69 Å². The first kappa shape index (κ1) is 21.2. The van der Waals surface area contributed by atoms with E-state index in [1.165, 1.54) is 7.05 Å². The number of hydrogen-bond acceptors (Lipinski definition) is 4. The van der Waals surface area contributed by atoms with E-state index >= 15 is 0 Å². The van der Waals surface area contributed by atoms with Crippen molar-refractivity contribution in [1.82, 2.24) is 4.90 Å². The zero-order valence-electron chi connectivity index (χ0n) is 17.4. The third kappa shape index (κ3) is 3.85. The van der Waals surface area contributed by atoms with Crippen LogP contribution in [0, 0.1) is 5.41 Å². The minimum absolute atomic E-state index is 0.219. The molecule has 1 saturated carbocycles. The van der Waals surface area contributed by atoms with Crippen molar-refractivity contribution in [2.24, 2.45) is 5.41 Å². The maximum absolute atomic E-state index is 13.5. The maximum Gasteiger partial charge on any atom is 0.411 e. The number of anilines is 2. The van der Waals surface area contributed by atoms with Gasteiger partial charge in [0.05, 0.1) is 22.2 Å². The molecule has 2 saturated heterocycles. The normalized spacial score (nSPS) is 29.5. The Morgan fingerprint density at radius 3 is 2.60 bits per heavy atom. The fourth-order valence-electron chi connectivity index (χ4n) is 5.35. The van der Waals surface area contributed by atoms with Crippen LogP contribution in [0.2, 0.25) is 5.02 Å². The summed E-state index contributed by atoms with van der Waals surface area (Å²) in [5.74, 6) is 0.256. The highest BCUT2D eigenvalue weighted by Crippen LogP contribution is 2.44. The molecule has 1 atom stereocenters. The van der Waals surface area contributed by atoms with Crippen molar-refractivity contribution >= 4 is 35.0 Å². The molecule has 4 rings (SSSR count). The lowest BCUT2D eigenvalue weighted by Crippen LogP contribution is -2.50. The molecule has 8 heteroatoms. The summed E-state index contributed by atoms with van der Waals surface area (Å²) in [6.07, 6.45) is 4.75. The Bertz CT molecular complexity index is 827. The van der Waals surface area contributed by atoms with Gasteiger partial charge in [0.2, 0.25) is 5.91 Å². The molecule has 1 aliphatic carbocycles. The number of rotatable bonds is 3. The van der Waals surface area contributed by atoms with Crippen molar-refractivity contribution in [1.29, 1.82) is 0 Å². The smallest absolute Gasteiger partial charge is 0.411 e. The molecule has 1 aromatic carbocycles. The first-order valence-electron chi connectivity index (χ1n) is 10.8. The number of hydrogen-bond donors (Lipinski definition) is 2. The quantitative estimate of drug-likeness (QED) is 0.758. The fraction of sp³-hybridized carbons (Fsp3) is 0.636. The fourth-order valence-corrected chi connectivity index (χ4v) is 5.65. The summed E-state index contributed by atoms with van der Waals surface area (Å²) < 4.78 is 0. The van der Waals surface area contributed by atoms with Crippen LogP contribution in [0.15, 0.2) is 18.2 Å². The largest absolute Gasteiger partial charge is 0.465 e. The number of carbonyl (C=O) groups excluding carboxylic acids is 1.